The number of benzene rings is 1. The molecular weight excluding hydrogens is 495 g/mol. The summed E-state index contributed by atoms with van der Waals surface area (Å²) in [5.41, 5.74) is 7.15. The van der Waals surface area contributed by atoms with E-state index < -0.39 is 35.3 Å². The summed E-state index contributed by atoms with van der Waals surface area (Å²) in [5.74, 6) is 0.890. The highest BCUT2D eigenvalue weighted by Crippen LogP contribution is 2.36. The van der Waals surface area contributed by atoms with Gasteiger partial charge in [0.2, 0.25) is 11.8 Å². The van der Waals surface area contributed by atoms with Crippen LogP contribution in [0.4, 0.5) is 13.2 Å². The van der Waals surface area contributed by atoms with E-state index in [4.69, 9.17) is 24.3 Å². The van der Waals surface area contributed by atoms with E-state index >= 15 is 4.39 Å². The van der Waals surface area contributed by atoms with E-state index in [1.54, 1.807) is 18.2 Å². The Balaban J connectivity index is 1.42. The van der Waals surface area contributed by atoms with E-state index in [0.29, 0.717) is 40.0 Å². The highest BCUT2D eigenvalue weighted by molar-refractivity contribution is 7.85. The predicted molar refractivity (Wildman–Crippen MR) is 129 cm³/mol. The Morgan fingerprint density at radius 2 is 2.06 bits per heavy atom. The molecule has 5 rings (SSSR count). The smallest absolute Gasteiger partial charge is 0.272 e. The van der Waals surface area contributed by atoms with Crippen LogP contribution in [0.1, 0.15) is 25.3 Å². The molecule has 0 amide bonds. The fourth-order valence-corrected chi connectivity index (χ4v) is 6.13. The number of aromatic nitrogens is 3. The number of fused-ring (bicyclic) bond motifs is 1. The maximum atomic E-state index is 15.1. The van der Waals surface area contributed by atoms with Crippen molar-refractivity contribution in [2.24, 2.45) is 15.1 Å². The van der Waals surface area contributed by atoms with Gasteiger partial charge < -0.3 is 15.0 Å². The molecule has 2 N–H and O–H groups in total. The van der Waals surface area contributed by atoms with Gasteiger partial charge in [-0.1, -0.05) is 5.16 Å². The van der Waals surface area contributed by atoms with Gasteiger partial charge in [0.25, 0.3) is 6.43 Å². The molecule has 0 saturated carbocycles. The van der Waals surface area contributed by atoms with Crippen LogP contribution in [-0.4, -0.2) is 57.3 Å². The summed E-state index contributed by atoms with van der Waals surface area (Å²) in [4.78, 5) is 12.8. The zero-order valence-corrected chi connectivity index (χ0v) is 20.2. The third-order valence-electron chi connectivity index (χ3n) is 5.88. The molecule has 9 nitrogen and oxygen atoms in total. The fraction of sp³-hybridized carbons (Fsp3) is 0.391. The number of nitrogens with two attached hydrogens (primary N) is 1. The van der Waals surface area contributed by atoms with Crippen LogP contribution in [0.5, 0.6) is 5.88 Å². The van der Waals surface area contributed by atoms with Gasteiger partial charge in [-0.05, 0) is 48.8 Å². The van der Waals surface area contributed by atoms with Crippen LogP contribution in [-0.2, 0) is 16.4 Å². The van der Waals surface area contributed by atoms with Crippen LogP contribution >= 0.6 is 0 Å². The molecule has 190 valence electrons. The Hall–Kier alpha value is -3.48. The van der Waals surface area contributed by atoms with Crippen LogP contribution in [0.3, 0.4) is 0 Å². The Bertz CT molecular complexity index is 1320. The van der Waals surface area contributed by atoms with Gasteiger partial charge in [-0.2, -0.15) is 0 Å². The molecule has 4 heterocycles. The lowest BCUT2D eigenvalue weighted by atomic mass is 9.92. The molecule has 1 aromatic carbocycles. The topological polar surface area (TPSA) is 115 Å². The normalized spacial score (nSPS) is 22.0. The second-order valence-corrected chi connectivity index (χ2v) is 10.3. The van der Waals surface area contributed by atoms with Gasteiger partial charge in [-0.25, -0.2) is 32.5 Å². The zero-order valence-electron chi connectivity index (χ0n) is 19.4. The highest BCUT2D eigenvalue weighted by atomic mass is 32.2. The molecule has 0 spiro atoms. The molecule has 3 aromatic rings. The van der Waals surface area contributed by atoms with Crippen LogP contribution in [0.2, 0.25) is 0 Å². The van der Waals surface area contributed by atoms with Crippen LogP contribution in [0, 0.1) is 5.82 Å². The summed E-state index contributed by atoms with van der Waals surface area (Å²) in [6, 6.07) is 6.31. The molecule has 0 fully saturated rings. The monoisotopic (exact) mass is 519 g/mol. The Morgan fingerprint density at radius 1 is 1.19 bits per heavy atom. The lowest BCUT2D eigenvalue weighted by Crippen LogP contribution is -2.49. The van der Waals surface area contributed by atoms with E-state index in [9.17, 15) is 8.78 Å². The van der Waals surface area contributed by atoms with Crippen molar-refractivity contribution in [3.63, 3.8) is 0 Å². The molecule has 13 heteroatoms. The number of alkyl halides is 2. The third-order valence-corrected chi connectivity index (χ3v) is 8.06. The first-order valence-corrected chi connectivity index (χ1v) is 12.7. The van der Waals surface area contributed by atoms with Gasteiger partial charge in [0, 0.05) is 30.3 Å². The molecule has 0 bridgehead atoms. The molecule has 0 saturated heterocycles. The Morgan fingerprint density at radius 3 is 2.83 bits per heavy atom. The van der Waals surface area contributed by atoms with Gasteiger partial charge in [-0.3, -0.25) is 4.31 Å². The second kappa shape index (κ2) is 9.88. The maximum Gasteiger partial charge on any atom is 0.272 e. The summed E-state index contributed by atoms with van der Waals surface area (Å²) in [6.07, 6.45) is 1.97. The minimum absolute atomic E-state index is 0.0221. The summed E-state index contributed by atoms with van der Waals surface area (Å²) in [6.45, 7) is 2.65. The van der Waals surface area contributed by atoms with Crippen molar-refractivity contribution in [2.75, 3.05) is 25.4 Å². The number of ether oxygens (including phenoxy) is 1. The van der Waals surface area contributed by atoms with Crippen LogP contribution in [0.15, 0.2) is 50.5 Å². The van der Waals surface area contributed by atoms with Crippen molar-refractivity contribution >= 4 is 16.8 Å². The number of guanidine groups is 1. The first-order valence-electron chi connectivity index (χ1n) is 11.3. The van der Waals surface area contributed by atoms with Crippen molar-refractivity contribution in [3.05, 3.63) is 48.0 Å². The largest absolute Gasteiger partial charge is 0.470 e. The van der Waals surface area contributed by atoms with Crippen molar-refractivity contribution in [1.29, 1.82) is 0 Å². The van der Waals surface area contributed by atoms with Crippen molar-refractivity contribution < 1.29 is 22.4 Å². The number of nitrogens with zero attached hydrogens (tertiary/aromatic N) is 6. The number of rotatable bonds is 6. The van der Waals surface area contributed by atoms with Crippen molar-refractivity contribution in [1.82, 2.24) is 19.4 Å². The minimum Gasteiger partial charge on any atom is -0.470 e. The average Bonchev–Trinajstić information content (AvgIpc) is 3.23. The number of hydrogen-bond donors (Lipinski definition) is 1. The van der Waals surface area contributed by atoms with Gasteiger partial charge in [0.1, 0.15) is 22.7 Å². The highest BCUT2D eigenvalue weighted by Gasteiger charge is 2.38. The van der Waals surface area contributed by atoms with Gasteiger partial charge in [0.15, 0.2) is 12.4 Å². The second-order valence-electron chi connectivity index (χ2n) is 8.60. The molecular formula is C23H24F3N7O2S. The maximum absolute atomic E-state index is 15.1. The summed E-state index contributed by atoms with van der Waals surface area (Å²) >= 11 is 0. The van der Waals surface area contributed by atoms with Gasteiger partial charge in [-0.15, -0.1) is 0 Å². The first kappa shape index (κ1) is 24.2. The lowest BCUT2D eigenvalue weighted by Gasteiger charge is -2.38. The minimum atomic E-state index is -2.61. The average molecular weight is 520 g/mol. The Kier molecular flexibility index (Phi) is 6.65. The molecule has 0 unspecified atom stereocenters. The first-order chi connectivity index (χ1) is 17.3. The van der Waals surface area contributed by atoms with Gasteiger partial charge in [0.05, 0.1) is 18.1 Å². The molecule has 2 aliphatic rings. The van der Waals surface area contributed by atoms with Crippen LogP contribution in [0.25, 0.3) is 22.7 Å². The van der Waals surface area contributed by atoms with Gasteiger partial charge >= 0.3 is 0 Å². The van der Waals surface area contributed by atoms with Crippen molar-refractivity contribution in [3.8, 4) is 28.6 Å². The molecule has 0 aliphatic carbocycles. The molecule has 2 atom stereocenters. The number of aliphatic imine (C=N–C) groups is 1. The van der Waals surface area contributed by atoms with Crippen molar-refractivity contribution in [2.45, 2.75) is 31.7 Å². The molecule has 0 radical (unpaired) electrons. The Labute approximate surface area is 207 Å². The van der Waals surface area contributed by atoms with E-state index in [0.717, 1.165) is 25.9 Å². The quantitative estimate of drug-likeness (QED) is 0.525. The van der Waals surface area contributed by atoms with Crippen LogP contribution < -0.4 is 10.5 Å². The molecule has 2 aliphatic heterocycles. The van der Waals surface area contributed by atoms with E-state index in [1.807, 2.05) is 11.2 Å². The summed E-state index contributed by atoms with van der Waals surface area (Å²) in [5, 5.41) is 4.03. The lowest BCUT2D eigenvalue weighted by molar-refractivity contribution is 0.0794. The van der Waals surface area contributed by atoms with E-state index in [-0.39, 0.29) is 5.88 Å². The number of hydrogen-bond acceptors (Lipinski definition) is 9. The summed E-state index contributed by atoms with van der Waals surface area (Å²) < 4.78 is 56.8. The van der Waals surface area contributed by atoms with E-state index in [2.05, 4.69) is 15.1 Å². The standard InChI is InChI=1S/C23H24F3N7O2S/c1-23(13-36-30-6-2-3-7-33(36)22(27)31-23)15-8-14(4-5-16(15)24)19-9-17(32-35-19)18-10-29-21(11-28-18)34-12-20(25)26/h4-5,8-11,20H,2-3,6-7,12-13H2,1H3,(H2,27,31)/t23-,36+/m0/s1. The van der Waals surface area contributed by atoms with E-state index in [1.165, 1.54) is 18.5 Å². The SMILES string of the molecule is C[C@@]1(c2cc(-c3cc(-c4cnc(OCC(F)F)cn4)no3)ccc2F)C[S@@]2=NCCCCN2C(N)=N1. The third kappa shape index (κ3) is 4.92. The summed E-state index contributed by atoms with van der Waals surface area (Å²) in [7, 11) is -0.474. The molecule has 2 aromatic heterocycles. The number of halogens is 3. The zero-order chi connectivity index (χ0) is 25.3. The fourth-order valence-electron chi connectivity index (χ4n) is 4.08. The molecule has 36 heavy (non-hydrogen) atoms. The predicted octanol–water partition coefficient (Wildman–Crippen LogP) is 3.94.